The maximum absolute atomic E-state index is 12.6. The molecule has 1 aromatic carbocycles. The Hall–Kier alpha value is -2.68. The molecule has 3 aromatic rings. The summed E-state index contributed by atoms with van der Waals surface area (Å²) in [7, 11) is 0. The molecule has 0 radical (unpaired) electrons. The van der Waals surface area contributed by atoms with Crippen LogP contribution in [0.1, 0.15) is 35.6 Å². The third kappa shape index (κ3) is 5.92. The van der Waals surface area contributed by atoms with Crippen molar-refractivity contribution in [1.82, 2.24) is 20.5 Å². The molecule has 27 heavy (non-hydrogen) atoms. The molecule has 0 aliphatic heterocycles. The number of rotatable bonds is 5. The number of nitrogens with zero attached hydrogens (tertiary/aromatic N) is 2. The number of amides is 1. The molecule has 144 valence electrons. The molecule has 0 unspecified atom stereocenters. The number of alkyl halides is 3. The highest BCUT2D eigenvalue weighted by atomic mass is 32.1. The fourth-order valence-electron chi connectivity index (χ4n) is 2.26. The minimum absolute atomic E-state index is 0.00202. The lowest BCUT2D eigenvalue weighted by atomic mass is 10.0. The number of nitrogens with one attached hydrogen (secondary N) is 2. The highest BCUT2D eigenvalue weighted by Crippen LogP contribution is 2.23. The molecule has 0 fully saturated rings. The smallest absolute Gasteiger partial charge is 0.345 e. The van der Waals surface area contributed by atoms with E-state index in [9.17, 15) is 18.0 Å². The molecule has 1 amide bonds. The van der Waals surface area contributed by atoms with Crippen molar-refractivity contribution < 1.29 is 18.0 Å². The van der Waals surface area contributed by atoms with Crippen LogP contribution in [0, 0.1) is 0 Å². The average molecular weight is 396 g/mol. The Labute approximate surface area is 158 Å². The number of carbonyl (C=O) groups excluding carboxylic acids is 1. The summed E-state index contributed by atoms with van der Waals surface area (Å²) in [5, 5.41) is 11.2. The quantitative estimate of drug-likeness (QED) is 0.662. The molecule has 0 saturated heterocycles. The molecule has 5 nitrogen and oxygen atoms in total. The molecule has 0 spiro atoms. The van der Waals surface area contributed by atoms with Crippen molar-refractivity contribution in [3.05, 3.63) is 58.7 Å². The molecular formula is C18H19F3N4OS. The van der Waals surface area contributed by atoms with E-state index in [0.717, 1.165) is 4.88 Å². The number of thiophene rings is 1. The van der Waals surface area contributed by atoms with Crippen molar-refractivity contribution in [2.45, 2.75) is 33.0 Å². The van der Waals surface area contributed by atoms with Gasteiger partial charge in [0.1, 0.15) is 5.82 Å². The van der Waals surface area contributed by atoms with Gasteiger partial charge in [-0.3, -0.25) is 9.89 Å². The Morgan fingerprint density at radius 2 is 1.93 bits per heavy atom. The maximum atomic E-state index is 12.6. The second-order valence-corrected chi connectivity index (χ2v) is 6.16. The van der Waals surface area contributed by atoms with Crippen LogP contribution in [0.3, 0.4) is 0 Å². The standard InChI is InChI=1S/C16H13F3N4OS.C2H6/c17-16(18,19)8-10-4-1-2-5-11(10)15(24)20-9-13-21-14(23-22-13)12-6-3-7-25-12;1-2/h1-7H,8-9H2,(H,20,24)(H,21,22,23);1-2H3. The van der Waals surface area contributed by atoms with Crippen LogP contribution in [-0.4, -0.2) is 27.3 Å². The van der Waals surface area contributed by atoms with Crippen molar-refractivity contribution in [3.8, 4) is 10.7 Å². The zero-order valence-electron chi connectivity index (χ0n) is 14.8. The van der Waals surface area contributed by atoms with Gasteiger partial charge in [-0.25, -0.2) is 4.98 Å². The van der Waals surface area contributed by atoms with E-state index >= 15 is 0 Å². The van der Waals surface area contributed by atoms with E-state index in [4.69, 9.17) is 0 Å². The summed E-state index contributed by atoms with van der Waals surface area (Å²) in [6.07, 6.45) is -5.53. The summed E-state index contributed by atoms with van der Waals surface area (Å²) in [6.45, 7) is 4.04. The second kappa shape index (κ2) is 9.31. The van der Waals surface area contributed by atoms with Crippen LogP contribution in [0.2, 0.25) is 0 Å². The molecule has 9 heteroatoms. The van der Waals surface area contributed by atoms with E-state index in [1.807, 2.05) is 31.4 Å². The van der Waals surface area contributed by atoms with Gasteiger partial charge in [-0.05, 0) is 23.1 Å². The zero-order chi connectivity index (χ0) is 19.9. The van der Waals surface area contributed by atoms with Crippen LogP contribution in [0.15, 0.2) is 41.8 Å². The lowest BCUT2D eigenvalue weighted by Gasteiger charge is -2.11. The molecule has 0 saturated carbocycles. The molecule has 0 bridgehead atoms. The normalized spacial score (nSPS) is 10.9. The minimum atomic E-state index is -4.38. The number of halogens is 3. The summed E-state index contributed by atoms with van der Waals surface area (Å²) in [5.74, 6) is 0.343. The van der Waals surface area contributed by atoms with Gasteiger partial charge >= 0.3 is 6.18 Å². The third-order valence-electron chi connectivity index (χ3n) is 3.34. The first kappa shape index (κ1) is 20.6. The zero-order valence-corrected chi connectivity index (χ0v) is 15.6. The van der Waals surface area contributed by atoms with Crippen molar-refractivity contribution in [2.24, 2.45) is 0 Å². The largest absolute Gasteiger partial charge is 0.393 e. The first-order valence-electron chi connectivity index (χ1n) is 8.30. The number of H-pyrrole nitrogens is 1. The maximum Gasteiger partial charge on any atom is 0.393 e. The number of hydrogen-bond donors (Lipinski definition) is 2. The summed E-state index contributed by atoms with van der Waals surface area (Å²) in [6, 6.07) is 9.40. The van der Waals surface area contributed by atoms with Gasteiger partial charge in [0.15, 0.2) is 5.82 Å². The molecule has 0 aliphatic carbocycles. The Bertz CT molecular complexity index is 860. The molecular weight excluding hydrogens is 377 g/mol. The van der Waals surface area contributed by atoms with Gasteiger partial charge in [-0.1, -0.05) is 38.1 Å². The summed E-state index contributed by atoms with van der Waals surface area (Å²) < 4.78 is 37.9. The van der Waals surface area contributed by atoms with Gasteiger partial charge in [-0.15, -0.1) is 11.3 Å². The predicted molar refractivity (Wildman–Crippen MR) is 98.4 cm³/mol. The van der Waals surface area contributed by atoms with Crippen molar-refractivity contribution in [2.75, 3.05) is 0 Å². The Morgan fingerprint density at radius 1 is 1.19 bits per heavy atom. The van der Waals surface area contributed by atoms with Crippen LogP contribution in [0.4, 0.5) is 13.2 Å². The number of aromatic amines is 1. The molecule has 0 aliphatic rings. The fraction of sp³-hybridized carbons (Fsp3) is 0.278. The van der Waals surface area contributed by atoms with Gasteiger partial charge in [0, 0.05) is 5.56 Å². The molecule has 0 atom stereocenters. The monoisotopic (exact) mass is 396 g/mol. The highest BCUT2D eigenvalue weighted by molar-refractivity contribution is 7.13. The summed E-state index contributed by atoms with van der Waals surface area (Å²) >= 11 is 1.48. The SMILES string of the molecule is CC.O=C(NCc1nc(-c2cccs2)n[nH]1)c1ccccc1CC(F)(F)F. The van der Waals surface area contributed by atoms with Crippen LogP contribution in [0.25, 0.3) is 10.7 Å². The van der Waals surface area contributed by atoms with Crippen molar-refractivity contribution >= 4 is 17.2 Å². The van der Waals surface area contributed by atoms with Crippen LogP contribution < -0.4 is 5.32 Å². The second-order valence-electron chi connectivity index (χ2n) is 5.21. The Morgan fingerprint density at radius 3 is 2.59 bits per heavy atom. The molecule has 2 aromatic heterocycles. The number of hydrogen-bond acceptors (Lipinski definition) is 4. The molecule has 2 heterocycles. The first-order valence-corrected chi connectivity index (χ1v) is 9.18. The van der Waals surface area contributed by atoms with Gasteiger partial charge < -0.3 is 5.32 Å². The van der Waals surface area contributed by atoms with E-state index < -0.39 is 18.5 Å². The van der Waals surface area contributed by atoms with E-state index in [1.54, 1.807) is 0 Å². The topological polar surface area (TPSA) is 70.7 Å². The van der Waals surface area contributed by atoms with Gasteiger partial charge in [0.2, 0.25) is 0 Å². The number of benzene rings is 1. The lowest BCUT2D eigenvalue weighted by Crippen LogP contribution is -2.25. The van der Waals surface area contributed by atoms with Gasteiger partial charge in [-0.2, -0.15) is 18.3 Å². The summed E-state index contributed by atoms with van der Waals surface area (Å²) in [5.41, 5.74) is -0.0674. The first-order chi connectivity index (χ1) is 12.9. The van der Waals surface area contributed by atoms with Crippen LogP contribution in [-0.2, 0) is 13.0 Å². The molecule has 3 rings (SSSR count). The van der Waals surface area contributed by atoms with Crippen molar-refractivity contribution in [1.29, 1.82) is 0 Å². The Balaban J connectivity index is 0.00000126. The third-order valence-corrected chi connectivity index (χ3v) is 4.21. The van der Waals surface area contributed by atoms with Gasteiger partial charge in [0.05, 0.1) is 17.8 Å². The number of aromatic nitrogens is 3. The van der Waals surface area contributed by atoms with E-state index in [2.05, 4.69) is 20.5 Å². The minimum Gasteiger partial charge on any atom is -0.345 e. The fourth-order valence-corrected chi connectivity index (χ4v) is 2.92. The van der Waals surface area contributed by atoms with E-state index in [1.165, 1.54) is 35.6 Å². The van der Waals surface area contributed by atoms with E-state index in [0.29, 0.717) is 11.6 Å². The summed E-state index contributed by atoms with van der Waals surface area (Å²) in [4.78, 5) is 17.3. The number of carbonyl (C=O) groups is 1. The van der Waals surface area contributed by atoms with Crippen LogP contribution >= 0.6 is 11.3 Å². The van der Waals surface area contributed by atoms with Gasteiger partial charge in [0.25, 0.3) is 5.91 Å². The van der Waals surface area contributed by atoms with Crippen molar-refractivity contribution in [3.63, 3.8) is 0 Å². The molecule has 2 N–H and O–H groups in total. The van der Waals surface area contributed by atoms with Crippen LogP contribution in [0.5, 0.6) is 0 Å². The van der Waals surface area contributed by atoms with E-state index in [-0.39, 0.29) is 17.7 Å². The Kier molecular flexibility index (Phi) is 7.12. The lowest BCUT2D eigenvalue weighted by molar-refractivity contribution is -0.127. The highest BCUT2D eigenvalue weighted by Gasteiger charge is 2.29. The average Bonchev–Trinajstić information content (AvgIpc) is 3.32. The predicted octanol–water partition coefficient (Wildman–Crippen LogP) is 4.59.